The molecule has 1 N–H and O–H groups in total. The van der Waals surface area contributed by atoms with Crippen LogP contribution < -0.4 is 0 Å². The molecule has 6 heteroatoms. The second kappa shape index (κ2) is 3.74. The van der Waals surface area contributed by atoms with Crippen LogP contribution >= 0.6 is 0 Å². The Morgan fingerprint density at radius 2 is 1.95 bits per heavy atom. The van der Waals surface area contributed by atoms with Crippen LogP contribution in [0.15, 0.2) is 47.9 Å². The van der Waals surface area contributed by atoms with Crippen molar-refractivity contribution in [1.82, 2.24) is 14.4 Å². The molecule has 0 unspecified atom stereocenters. The molecule has 0 aliphatic rings. The normalized spacial score (nSPS) is 11.4. The summed E-state index contributed by atoms with van der Waals surface area (Å²) in [6, 6.07) is 8.96. The van der Waals surface area contributed by atoms with Crippen molar-refractivity contribution in [1.29, 1.82) is 0 Å². The van der Waals surface area contributed by atoms with Crippen molar-refractivity contribution in [2.45, 2.75) is 0 Å². The van der Waals surface area contributed by atoms with Crippen LogP contribution in [0, 0.1) is 4.91 Å². The van der Waals surface area contributed by atoms with E-state index in [0.29, 0.717) is 22.2 Å². The number of aromatic nitrogens is 3. The van der Waals surface area contributed by atoms with Crippen LogP contribution in [0.3, 0.4) is 0 Å². The summed E-state index contributed by atoms with van der Waals surface area (Å²) < 4.78 is 1.64. The van der Waals surface area contributed by atoms with Gasteiger partial charge in [-0.1, -0.05) is 24.3 Å². The molecule has 0 amide bonds. The van der Waals surface area contributed by atoms with Crippen LogP contribution in [-0.4, -0.2) is 19.5 Å². The zero-order chi connectivity index (χ0) is 13.7. The Kier molecular flexibility index (Phi) is 2.03. The summed E-state index contributed by atoms with van der Waals surface area (Å²) in [5.41, 5.74) is 1.07. The van der Waals surface area contributed by atoms with Crippen molar-refractivity contribution in [3.8, 4) is 5.75 Å². The van der Waals surface area contributed by atoms with E-state index < -0.39 is 0 Å². The van der Waals surface area contributed by atoms with Crippen LogP contribution in [0.5, 0.6) is 5.75 Å². The number of hydrogen-bond donors (Lipinski definition) is 1. The van der Waals surface area contributed by atoms with Crippen LogP contribution in [0.2, 0.25) is 0 Å². The number of hydrogen-bond acceptors (Lipinski definition) is 5. The van der Waals surface area contributed by atoms with Crippen molar-refractivity contribution in [3.63, 3.8) is 0 Å². The number of imidazole rings is 1. The highest BCUT2D eigenvalue weighted by Crippen LogP contribution is 2.42. The van der Waals surface area contributed by atoms with Crippen molar-refractivity contribution >= 4 is 33.3 Å². The molecule has 96 valence electrons. The first-order chi connectivity index (χ1) is 9.81. The lowest BCUT2D eigenvalue weighted by molar-refractivity contribution is 0.482. The van der Waals surface area contributed by atoms with E-state index in [1.54, 1.807) is 35.0 Å². The monoisotopic (exact) mass is 264 g/mol. The van der Waals surface area contributed by atoms with Gasteiger partial charge in [0, 0.05) is 23.2 Å². The Morgan fingerprint density at radius 1 is 1.15 bits per heavy atom. The first-order valence-corrected chi connectivity index (χ1v) is 6.01. The molecule has 0 aliphatic carbocycles. The fraction of sp³-hybridized carbons (Fsp3) is 0. The maximum absolute atomic E-state index is 11.1. The van der Waals surface area contributed by atoms with Crippen molar-refractivity contribution in [2.24, 2.45) is 5.18 Å². The third kappa shape index (κ3) is 1.22. The Labute approximate surface area is 112 Å². The summed E-state index contributed by atoms with van der Waals surface area (Å²) in [6.45, 7) is 0. The van der Waals surface area contributed by atoms with Gasteiger partial charge in [0.1, 0.15) is 11.0 Å². The summed E-state index contributed by atoms with van der Waals surface area (Å²) in [7, 11) is 0. The van der Waals surface area contributed by atoms with Crippen LogP contribution in [0.4, 0.5) is 5.69 Å². The van der Waals surface area contributed by atoms with Crippen LogP contribution in [-0.2, 0) is 0 Å². The van der Waals surface area contributed by atoms with E-state index in [1.807, 2.05) is 12.1 Å². The van der Waals surface area contributed by atoms with E-state index in [2.05, 4.69) is 15.1 Å². The van der Waals surface area contributed by atoms with Gasteiger partial charge in [0.2, 0.25) is 5.78 Å². The molecule has 20 heavy (non-hydrogen) atoms. The summed E-state index contributed by atoms with van der Waals surface area (Å²) in [5, 5.41) is 14.7. The quantitative estimate of drug-likeness (QED) is 0.535. The van der Waals surface area contributed by atoms with E-state index in [1.165, 1.54) is 0 Å². The summed E-state index contributed by atoms with van der Waals surface area (Å²) >= 11 is 0. The number of nitrogens with zero attached hydrogens (tertiary/aromatic N) is 4. The van der Waals surface area contributed by atoms with Crippen molar-refractivity contribution < 1.29 is 5.11 Å². The van der Waals surface area contributed by atoms with E-state index >= 15 is 0 Å². The second-order valence-corrected chi connectivity index (χ2v) is 4.43. The SMILES string of the molecule is O=Nc1c(O)c2c(nc3ncccn32)c2ccccc12. The number of fused-ring (bicyclic) bond motifs is 5. The Hall–Kier alpha value is -3.02. The molecule has 2 aromatic heterocycles. The minimum atomic E-state index is -0.172. The average molecular weight is 264 g/mol. The molecule has 4 aromatic rings. The molecule has 0 radical (unpaired) electrons. The van der Waals surface area contributed by atoms with Gasteiger partial charge in [-0.3, -0.25) is 4.40 Å². The maximum Gasteiger partial charge on any atom is 0.234 e. The fourth-order valence-electron chi connectivity index (χ4n) is 2.53. The molecular formula is C14H8N4O2. The largest absolute Gasteiger partial charge is 0.504 e. The van der Waals surface area contributed by atoms with Crippen LogP contribution in [0.1, 0.15) is 0 Å². The van der Waals surface area contributed by atoms with Gasteiger partial charge >= 0.3 is 0 Å². The Morgan fingerprint density at radius 3 is 2.75 bits per heavy atom. The Bertz CT molecular complexity index is 991. The number of aromatic hydroxyl groups is 1. The van der Waals surface area contributed by atoms with Gasteiger partial charge in [0.25, 0.3) is 0 Å². The molecule has 0 atom stereocenters. The molecular weight excluding hydrogens is 256 g/mol. The third-order valence-corrected chi connectivity index (χ3v) is 3.38. The highest BCUT2D eigenvalue weighted by molar-refractivity contribution is 6.14. The number of phenolic OH excluding ortho intramolecular Hbond substituents is 1. The zero-order valence-electron chi connectivity index (χ0n) is 10.2. The van der Waals surface area contributed by atoms with Crippen LogP contribution in [0.25, 0.3) is 27.6 Å². The minimum absolute atomic E-state index is 0.0266. The second-order valence-electron chi connectivity index (χ2n) is 4.43. The van der Waals surface area contributed by atoms with Gasteiger partial charge < -0.3 is 5.11 Å². The highest BCUT2D eigenvalue weighted by Gasteiger charge is 2.19. The molecule has 2 aromatic carbocycles. The minimum Gasteiger partial charge on any atom is -0.504 e. The van der Waals surface area contributed by atoms with Gasteiger partial charge in [-0.25, -0.2) is 9.97 Å². The summed E-state index contributed by atoms with van der Waals surface area (Å²) in [6.07, 6.45) is 3.36. The maximum atomic E-state index is 11.1. The molecule has 0 aliphatic heterocycles. The van der Waals surface area contributed by atoms with Gasteiger partial charge in [0.05, 0.1) is 0 Å². The fourth-order valence-corrected chi connectivity index (χ4v) is 2.53. The lowest BCUT2D eigenvalue weighted by Crippen LogP contribution is -1.86. The lowest BCUT2D eigenvalue weighted by atomic mass is 10.1. The number of nitroso groups, excluding NO2 is 1. The zero-order valence-corrected chi connectivity index (χ0v) is 10.2. The van der Waals surface area contributed by atoms with Crippen molar-refractivity contribution in [2.75, 3.05) is 0 Å². The van der Waals surface area contributed by atoms with E-state index in [9.17, 15) is 10.0 Å². The predicted octanol–water partition coefficient (Wildman–Crippen LogP) is 3.14. The average Bonchev–Trinajstić information content (AvgIpc) is 2.88. The number of phenols is 1. The van der Waals surface area contributed by atoms with Gasteiger partial charge in [-0.05, 0) is 11.2 Å². The molecule has 0 saturated carbocycles. The summed E-state index contributed by atoms with van der Waals surface area (Å²) in [5.74, 6) is 0.292. The molecule has 0 spiro atoms. The topological polar surface area (TPSA) is 79.8 Å². The smallest absolute Gasteiger partial charge is 0.234 e. The van der Waals surface area contributed by atoms with E-state index in [4.69, 9.17) is 0 Å². The molecule has 2 heterocycles. The number of benzene rings is 2. The van der Waals surface area contributed by atoms with Gasteiger partial charge in [0.15, 0.2) is 11.4 Å². The first-order valence-electron chi connectivity index (χ1n) is 6.01. The van der Waals surface area contributed by atoms with Gasteiger partial charge in [-0.2, -0.15) is 0 Å². The number of rotatable bonds is 1. The first kappa shape index (κ1) is 10.9. The summed E-state index contributed by atoms with van der Waals surface area (Å²) in [4.78, 5) is 19.7. The molecule has 0 saturated heterocycles. The van der Waals surface area contributed by atoms with Crippen molar-refractivity contribution in [3.05, 3.63) is 47.6 Å². The standard InChI is InChI=1S/C14H8N4O2/c19-13-11(17-20)9-5-2-1-4-8(9)10-12(13)18-7-3-6-15-14(18)16-10/h1-7,19H. The van der Waals surface area contributed by atoms with E-state index in [-0.39, 0.29) is 11.4 Å². The highest BCUT2D eigenvalue weighted by atomic mass is 16.3. The van der Waals surface area contributed by atoms with Gasteiger partial charge in [-0.15, -0.1) is 4.91 Å². The molecule has 6 nitrogen and oxygen atoms in total. The molecule has 0 fully saturated rings. The molecule has 0 bridgehead atoms. The Balaban J connectivity index is 2.41. The predicted molar refractivity (Wildman–Crippen MR) is 75.1 cm³/mol. The molecule has 4 rings (SSSR count). The lowest BCUT2D eigenvalue weighted by Gasteiger charge is -2.05. The van der Waals surface area contributed by atoms with E-state index in [0.717, 1.165) is 5.39 Å². The third-order valence-electron chi connectivity index (χ3n) is 3.38.